The van der Waals surface area contributed by atoms with E-state index < -0.39 is 22.0 Å². The van der Waals surface area contributed by atoms with Gasteiger partial charge < -0.3 is 9.52 Å². The van der Waals surface area contributed by atoms with Crippen LogP contribution in [-0.2, 0) is 35.8 Å². The number of benzene rings is 1. The molecule has 7 nitrogen and oxygen atoms in total. The zero-order valence-corrected chi connectivity index (χ0v) is 17.5. The van der Waals surface area contributed by atoms with Crippen LogP contribution in [0.25, 0.3) is 5.69 Å². The second-order valence-corrected chi connectivity index (χ2v) is 10.3. The first kappa shape index (κ1) is 19.5. The van der Waals surface area contributed by atoms with E-state index >= 15 is 0 Å². The van der Waals surface area contributed by atoms with Crippen LogP contribution in [0.5, 0.6) is 0 Å². The Balaban J connectivity index is 1.49. The number of nitrogens with zero attached hydrogens (tertiary/aromatic N) is 3. The molecule has 0 amide bonds. The van der Waals surface area contributed by atoms with Gasteiger partial charge in [-0.3, -0.25) is 4.90 Å². The van der Waals surface area contributed by atoms with Gasteiger partial charge in [-0.1, -0.05) is 18.2 Å². The highest BCUT2D eigenvalue weighted by molar-refractivity contribution is 7.91. The van der Waals surface area contributed by atoms with Crippen molar-refractivity contribution >= 4 is 9.84 Å². The number of hydrogen-bond donors (Lipinski definition) is 1. The quantitative estimate of drug-likeness (QED) is 0.648. The molecule has 0 saturated carbocycles. The SMILES string of the molecule is O=S1(=O)C[C@@H](N(Cc2ccco2)Cc2nn(-c3ccccc3)c3c2CCC3)[C@@H](O)C1. The molecule has 3 heterocycles. The highest BCUT2D eigenvalue weighted by Crippen LogP contribution is 2.30. The van der Waals surface area contributed by atoms with E-state index in [1.807, 2.05) is 52.0 Å². The molecule has 1 saturated heterocycles. The Morgan fingerprint density at radius 2 is 1.93 bits per heavy atom. The van der Waals surface area contributed by atoms with Gasteiger partial charge in [0.2, 0.25) is 0 Å². The average Bonchev–Trinajstić information content (AvgIpc) is 3.48. The summed E-state index contributed by atoms with van der Waals surface area (Å²) in [4.78, 5) is 2.00. The van der Waals surface area contributed by atoms with Gasteiger partial charge >= 0.3 is 0 Å². The molecule has 2 atom stereocenters. The van der Waals surface area contributed by atoms with E-state index in [-0.39, 0.29) is 11.5 Å². The first-order valence-electron chi connectivity index (χ1n) is 10.3. The third kappa shape index (κ3) is 3.71. The van der Waals surface area contributed by atoms with Gasteiger partial charge in [0.15, 0.2) is 9.84 Å². The molecule has 3 aromatic rings. The second kappa shape index (κ2) is 7.68. The molecule has 2 aromatic heterocycles. The third-order valence-electron chi connectivity index (χ3n) is 6.07. The molecular weight excluding hydrogens is 402 g/mol. The number of sulfone groups is 1. The van der Waals surface area contributed by atoms with E-state index in [1.54, 1.807) is 6.26 Å². The van der Waals surface area contributed by atoms with Crippen molar-refractivity contribution in [1.29, 1.82) is 0 Å². The van der Waals surface area contributed by atoms with Crippen LogP contribution in [0, 0.1) is 0 Å². The number of fused-ring (bicyclic) bond motifs is 1. The van der Waals surface area contributed by atoms with Gasteiger partial charge in [0.1, 0.15) is 5.76 Å². The highest BCUT2D eigenvalue weighted by atomic mass is 32.2. The van der Waals surface area contributed by atoms with Crippen molar-refractivity contribution in [2.75, 3.05) is 11.5 Å². The summed E-state index contributed by atoms with van der Waals surface area (Å²) in [7, 11) is -3.26. The minimum atomic E-state index is -3.26. The van der Waals surface area contributed by atoms with Crippen LogP contribution in [0.2, 0.25) is 0 Å². The van der Waals surface area contributed by atoms with Crippen LogP contribution in [0.3, 0.4) is 0 Å². The van der Waals surface area contributed by atoms with Gasteiger partial charge in [0.05, 0.1) is 47.8 Å². The van der Waals surface area contributed by atoms with E-state index in [4.69, 9.17) is 9.52 Å². The smallest absolute Gasteiger partial charge is 0.154 e. The number of aromatic nitrogens is 2. The molecule has 0 bridgehead atoms. The predicted molar refractivity (Wildman–Crippen MR) is 112 cm³/mol. The van der Waals surface area contributed by atoms with Crippen molar-refractivity contribution in [3.05, 3.63) is 71.4 Å². The average molecular weight is 428 g/mol. The van der Waals surface area contributed by atoms with Crippen molar-refractivity contribution in [1.82, 2.24) is 14.7 Å². The Hall–Kier alpha value is -2.42. The lowest BCUT2D eigenvalue weighted by Crippen LogP contribution is -2.42. The number of aliphatic hydroxyl groups excluding tert-OH is 1. The van der Waals surface area contributed by atoms with Crippen LogP contribution in [0.4, 0.5) is 0 Å². The summed E-state index contributed by atoms with van der Waals surface area (Å²) in [5, 5.41) is 15.4. The van der Waals surface area contributed by atoms with Gasteiger partial charge in [-0.05, 0) is 49.1 Å². The summed E-state index contributed by atoms with van der Waals surface area (Å²) in [6.45, 7) is 0.900. The molecule has 1 aliphatic carbocycles. The van der Waals surface area contributed by atoms with Crippen molar-refractivity contribution in [2.24, 2.45) is 0 Å². The number of rotatable bonds is 6. The van der Waals surface area contributed by atoms with Crippen molar-refractivity contribution < 1.29 is 17.9 Å². The van der Waals surface area contributed by atoms with Crippen LogP contribution in [0.1, 0.15) is 29.1 Å². The normalized spacial score (nSPS) is 22.6. The summed E-state index contributed by atoms with van der Waals surface area (Å²) in [5.41, 5.74) is 4.46. The summed E-state index contributed by atoms with van der Waals surface area (Å²) in [6.07, 6.45) is 3.74. The minimum Gasteiger partial charge on any atom is -0.468 e. The summed E-state index contributed by atoms with van der Waals surface area (Å²) in [6, 6.07) is 13.3. The predicted octanol–water partition coefficient (Wildman–Crippen LogP) is 2.11. The largest absolute Gasteiger partial charge is 0.468 e. The molecule has 1 N–H and O–H groups in total. The zero-order valence-electron chi connectivity index (χ0n) is 16.6. The number of furan rings is 1. The molecule has 2 aliphatic rings. The Morgan fingerprint density at radius 3 is 2.63 bits per heavy atom. The van der Waals surface area contributed by atoms with Gasteiger partial charge in [-0.25, -0.2) is 13.1 Å². The van der Waals surface area contributed by atoms with E-state index in [0.717, 1.165) is 36.4 Å². The van der Waals surface area contributed by atoms with Gasteiger partial charge in [0.25, 0.3) is 0 Å². The van der Waals surface area contributed by atoms with Gasteiger partial charge in [-0.2, -0.15) is 5.10 Å². The fourth-order valence-corrected chi connectivity index (χ4v) is 6.50. The molecule has 158 valence electrons. The molecule has 5 rings (SSSR count). The lowest BCUT2D eigenvalue weighted by molar-refractivity contribution is 0.0675. The first-order chi connectivity index (χ1) is 14.5. The molecule has 8 heteroatoms. The number of aliphatic hydroxyl groups is 1. The highest BCUT2D eigenvalue weighted by Gasteiger charge is 2.41. The van der Waals surface area contributed by atoms with Crippen molar-refractivity contribution in [2.45, 2.75) is 44.5 Å². The lowest BCUT2D eigenvalue weighted by atomic mass is 10.1. The molecule has 0 spiro atoms. The van der Waals surface area contributed by atoms with Gasteiger partial charge in [-0.15, -0.1) is 0 Å². The molecule has 0 radical (unpaired) electrons. The minimum absolute atomic E-state index is 0.0452. The summed E-state index contributed by atoms with van der Waals surface area (Å²) in [5.74, 6) is 0.505. The van der Waals surface area contributed by atoms with Crippen LogP contribution in [0.15, 0.2) is 53.1 Å². The Kier molecular flexibility index (Phi) is 5.00. The Labute approximate surface area is 175 Å². The van der Waals surface area contributed by atoms with Crippen LogP contribution >= 0.6 is 0 Å². The third-order valence-corrected chi connectivity index (χ3v) is 7.77. The Morgan fingerprint density at radius 1 is 1.10 bits per heavy atom. The van der Waals surface area contributed by atoms with Gasteiger partial charge in [0, 0.05) is 12.2 Å². The maximum atomic E-state index is 12.2. The van der Waals surface area contributed by atoms with Crippen LogP contribution in [-0.4, -0.2) is 51.9 Å². The fraction of sp³-hybridized carbons (Fsp3) is 0.409. The van der Waals surface area contributed by atoms with Crippen molar-refractivity contribution in [3.8, 4) is 5.69 Å². The molecule has 1 aromatic carbocycles. The lowest BCUT2D eigenvalue weighted by Gasteiger charge is -2.29. The summed E-state index contributed by atoms with van der Waals surface area (Å²) >= 11 is 0. The Bertz CT molecular complexity index is 1120. The molecule has 30 heavy (non-hydrogen) atoms. The second-order valence-electron chi connectivity index (χ2n) is 8.17. The molecular formula is C22H25N3O4S. The van der Waals surface area contributed by atoms with E-state index in [0.29, 0.717) is 13.1 Å². The standard InChI is InChI=1S/C22H25N3O4S/c26-22-15-30(27,28)14-21(22)24(12-17-8-5-11-29-17)13-19-18-9-4-10-20(18)25(23-19)16-6-2-1-3-7-16/h1-3,5-8,11,21-22,26H,4,9-10,12-15H2/t21-,22+/m1/s1. The number of hydrogen-bond acceptors (Lipinski definition) is 6. The zero-order chi connectivity index (χ0) is 20.7. The fourth-order valence-electron chi connectivity index (χ4n) is 4.67. The van der Waals surface area contributed by atoms with E-state index in [1.165, 1.54) is 11.3 Å². The summed E-state index contributed by atoms with van der Waals surface area (Å²) < 4.78 is 31.9. The maximum Gasteiger partial charge on any atom is 0.154 e. The molecule has 0 unspecified atom stereocenters. The first-order valence-corrected chi connectivity index (χ1v) is 12.1. The topological polar surface area (TPSA) is 88.6 Å². The van der Waals surface area contributed by atoms with E-state index in [2.05, 4.69) is 0 Å². The maximum absolute atomic E-state index is 12.2. The molecule has 1 fully saturated rings. The van der Waals surface area contributed by atoms with E-state index in [9.17, 15) is 13.5 Å². The monoisotopic (exact) mass is 427 g/mol. The molecule has 1 aliphatic heterocycles. The van der Waals surface area contributed by atoms with Crippen LogP contribution < -0.4 is 0 Å². The number of para-hydroxylation sites is 1. The van der Waals surface area contributed by atoms with Crippen molar-refractivity contribution in [3.63, 3.8) is 0 Å².